The van der Waals surface area contributed by atoms with E-state index in [1.54, 1.807) is 17.3 Å². The fraction of sp³-hybridized carbons (Fsp3) is 0.647. The summed E-state index contributed by atoms with van der Waals surface area (Å²) < 4.78 is 34.7. The van der Waals surface area contributed by atoms with Gasteiger partial charge in [0, 0.05) is 31.6 Å². The maximum absolute atomic E-state index is 12.5. The van der Waals surface area contributed by atoms with Gasteiger partial charge in [0.05, 0.1) is 31.1 Å². The molecule has 25 heavy (non-hydrogen) atoms. The Labute approximate surface area is 148 Å². The molecule has 2 heterocycles. The summed E-state index contributed by atoms with van der Waals surface area (Å²) in [6.07, 6.45) is 6.07. The predicted molar refractivity (Wildman–Crippen MR) is 91.6 cm³/mol. The van der Waals surface area contributed by atoms with Crippen LogP contribution in [0.3, 0.4) is 0 Å². The van der Waals surface area contributed by atoms with Crippen molar-refractivity contribution in [3.05, 3.63) is 30.1 Å². The SMILES string of the molecule is CS(=O)(=O)CCC(=O)N1CCO[C@H]2CC[C@H]1[C@@H]2OCc1ccncc1. The standard InChI is InChI=1S/C17H24N2O5S/c1-25(21,22)11-6-16(20)19-9-10-23-15-3-2-14(19)17(15)24-12-13-4-7-18-8-5-13/h4-5,7-8,14-15,17H,2-3,6,9-12H2,1H3/t14-,15-,17-/m0/s1. The molecule has 1 aliphatic carbocycles. The molecular weight excluding hydrogens is 344 g/mol. The van der Waals surface area contributed by atoms with Crippen molar-refractivity contribution < 1.29 is 22.7 Å². The van der Waals surface area contributed by atoms with Gasteiger partial charge in [-0.25, -0.2) is 8.42 Å². The Kier molecular flexibility index (Phi) is 5.71. The largest absolute Gasteiger partial charge is 0.374 e. The van der Waals surface area contributed by atoms with Crippen LogP contribution in [0.25, 0.3) is 0 Å². The number of carbonyl (C=O) groups is 1. The first-order valence-corrected chi connectivity index (χ1v) is 10.6. The van der Waals surface area contributed by atoms with Crippen LogP contribution in [0.2, 0.25) is 0 Å². The lowest BCUT2D eigenvalue weighted by Gasteiger charge is -2.31. The number of aromatic nitrogens is 1. The second-order valence-corrected chi connectivity index (χ2v) is 8.91. The van der Waals surface area contributed by atoms with E-state index in [4.69, 9.17) is 9.47 Å². The first-order chi connectivity index (χ1) is 11.9. The van der Waals surface area contributed by atoms with Crippen LogP contribution in [-0.4, -0.2) is 67.6 Å². The summed E-state index contributed by atoms with van der Waals surface area (Å²) in [6, 6.07) is 3.74. The molecule has 2 bridgehead atoms. The summed E-state index contributed by atoms with van der Waals surface area (Å²) in [6.45, 7) is 1.38. The molecule has 0 spiro atoms. The number of ether oxygens (including phenoxy) is 2. The molecule has 3 rings (SSSR count). The van der Waals surface area contributed by atoms with Gasteiger partial charge < -0.3 is 14.4 Å². The van der Waals surface area contributed by atoms with Gasteiger partial charge in [-0.05, 0) is 30.5 Å². The third kappa shape index (κ3) is 4.77. The van der Waals surface area contributed by atoms with E-state index in [0.717, 1.165) is 24.7 Å². The van der Waals surface area contributed by atoms with E-state index in [2.05, 4.69) is 4.98 Å². The van der Waals surface area contributed by atoms with E-state index in [1.807, 2.05) is 12.1 Å². The van der Waals surface area contributed by atoms with Crippen molar-refractivity contribution in [3.63, 3.8) is 0 Å². The minimum Gasteiger partial charge on any atom is -0.374 e. The van der Waals surface area contributed by atoms with Crippen molar-refractivity contribution in [2.24, 2.45) is 0 Å². The summed E-state index contributed by atoms with van der Waals surface area (Å²) in [5.41, 5.74) is 1.02. The van der Waals surface area contributed by atoms with E-state index in [-0.39, 0.29) is 36.3 Å². The number of sulfone groups is 1. The van der Waals surface area contributed by atoms with E-state index < -0.39 is 9.84 Å². The molecule has 0 unspecified atom stereocenters. The van der Waals surface area contributed by atoms with E-state index in [1.165, 1.54) is 0 Å². The van der Waals surface area contributed by atoms with Gasteiger partial charge in [0.15, 0.2) is 0 Å². The number of pyridine rings is 1. The average Bonchev–Trinajstić information content (AvgIpc) is 2.86. The molecule has 1 amide bonds. The van der Waals surface area contributed by atoms with E-state index in [0.29, 0.717) is 19.8 Å². The topological polar surface area (TPSA) is 85.8 Å². The van der Waals surface area contributed by atoms with E-state index in [9.17, 15) is 13.2 Å². The van der Waals surface area contributed by atoms with Gasteiger partial charge in [-0.2, -0.15) is 0 Å². The molecule has 7 nitrogen and oxygen atoms in total. The summed E-state index contributed by atoms with van der Waals surface area (Å²) in [5, 5.41) is 0. The summed E-state index contributed by atoms with van der Waals surface area (Å²) in [4.78, 5) is 18.3. The molecule has 3 atom stereocenters. The highest BCUT2D eigenvalue weighted by molar-refractivity contribution is 7.90. The Morgan fingerprint density at radius 1 is 1.36 bits per heavy atom. The van der Waals surface area contributed by atoms with Crippen LogP contribution >= 0.6 is 0 Å². The average molecular weight is 368 g/mol. The maximum Gasteiger partial charge on any atom is 0.224 e. The van der Waals surface area contributed by atoms with Crippen LogP contribution in [0.4, 0.5) is 0 Å². The van der Waals surface area contributed by atoms with Gasteiger partial charge in [0.2, 0.25) is 5.91 Å². The predicted octanol–water partition coefficient (Wildman–Crippen LogP) is 0.791. The first kappa shape index (κ1) is 18.3. The third-order valence-corrected chi connectivity index (χ3v) is 5.70. The zero-order chi connectivity index (χ0) is 17.9. The summed E-state index contributed by atoms with van der Waals surface area (Å²) in [5.74, 6) is -0.263. The number of amides is 1. The second kappa shape index (κ2) is 7.80. The smallest absolute Gasteiger partial charge is 0.224 e. The summed E-state index contributed by atoms with van der Waals surface area (Å²) in [7, 11) is -3.16. The Morgan fingerprint density at radius 3 is 2.84 bits per heavy atom. The molecule has 2 aliphatic rings. The maximum atomic E-state index is 12.5. The van der Waals surface area contributed by atoms with Crippen molar-refractivity contribution >= 4 is 15.7 Å². The zero-order valence-electron chi connectivity index (χ0n) is 14.3. The molecule has 0 N–H and O–H groups in total. The van der Waals surface area contributed by atoms with Gasteiger partial charge >= 0.3 is 0 Å². The Hall–Kier alpha value is -1.51. The second-order valence-electron chi connectivity index (χ2n) is 6.65. The fourth-order valence-electron chi connectivity index (χ4n) is 3.51. The molecule has 1 aliphatic heterocycles. The highest BCUT2D eigenvalue weighted by Crippen LogP contribution is 2.33. The lowest BCUT2D eigenvalue weighted by Crippen LogP contribution is -2.46. The van der Waals surface area contributed by atoms with Crippen LogP contribution in [0.15, 0.2) is 24.5 Å². The number of carbonyl (C=O) groups excluding carboxylic acids is 1. The normalized spacial score (nSPS) is 26.4. The number of hydrogen-bond donors (Lipinski definition) is 0. The van der Waals surface area contributed by atoms with Gasteiger partial charge in [-0.3, -0.25) is 9.78 Å². The van der Waals surface area contributed by atoms with Crippen LogP contribution in [-0.2, 0) is 30.7 Å². The van der Waals surface area contributed by atoms with Crippen molar-refractivity contribution in [2.75, 3.05) is 25.2 Å². The number of fused-ring (bicyclic) bond motifs is 2. The van der Waals surface area contributed by atoms with Crippen molar-refractivity contribution in [2.45, 2.75) is 44.1 Å². The van der Waals surface area contributed by atoms with Gasteiger partial charge in [0.25, 0.3) is 0 Å². The molecule has 1 saturated carbocycles. The highest BCUT2D eigenvalue weighted by Gasteiger charge is 2.44. The first-order valence-electron chi connectivity index (χ1n) is 8.53. The van der Waals surface area contributed by atoms with Crippen LogP contribution in [0, 0.1) is 0 Å². The lowest BCUT2D eigenvalue weighted by molar-refractivity contribution is -0.135. The Balaban J connectivity index is 1.66. The van der Waals surface area contributed by atoms with E-state index >= 15 is 0 Å². The third-order valence-electron chi connectivity index (χ3n) is 4.76. The summed E-state index contributed by atoms with van der Waals surface area (Å²) >= 11 is 0. The lowest BCUT2D eigenvalue weighted by atomic mass is 10.1. The van der Waals surface area contributed by atoms with Gasteiger partial charge in [-0.15, -0.1) is 0 Å². The molecular formula is C17H24N2O5S. The number of nitrogens with zero attached hydrogens (tertiary/aromatic N) is 2. The molecule has 1 aromatic heterocycles. The molecule has 0 radical (unpaired) electrons. The van der Waals surface area contributed by atoms with Crippen molar-refractivity contribution in [1.29, 1.82) is 0 Å². The molecule has 2 fully saturated rings. The number of rotatable bonds is 6. The van der Waals surface area contributed by atoms with Gasteiger partial charge in [-0.1, -0.05) is 0 Å². The minimum absolute atomic E-state index is 0.0110. The molecule has 8 heteroatoms. The van der Waals surface area contributed by atoms with Crippen LogP contribution in [0.1, 0.15) is 24.8 Å². The van der Waals surface area contributed by atoms with Crippen LogP contribution < -0.4 is 0 Å². The quantitative estimate of drug-likeness (QED) is 0.738. The number of hydrogen-bond acceptors (Lipinski definition) is 6. The molecule has 138 valence electrons. The van der Waals surface area contributed by atoms with Crippen molar-refractivity contribution in [1.82, 2.24) is 9.88 Å². The van der Waals surface area contributed by atoms with Crippen molar-refractivity contribution in [3.8, 4) is 0 Å². The fourth-order valence-corrected chi connectivity index (χ4v) is 4.05. The molecule has 0 aromatic carbocycles. The van der Waals surface area contributed by atoms with Crippen LogP contribution in [0.5, 0.6) is 0 Å². The minimum atomic E-state index is -3.16. The Bertz CT molecular complexity index is 694. The van der Waals surface area contributed by atoms with Gasteiger partial charge in [0.1, 0.15) is 15.9 Å². The zero-order valence-corrected chi connectivity index (χ0v) is 15.2. The monoisotopic (exact) mass is 368 g/mol. The highest BCUT2D eigenvalue weighted by atomic mass is 32.2. The molecule has 1 saturated heterocycles. The Morgan fingerprint density at radius 2 is 2.12 bits per heavy atom. The molecule has 1 aromatic rings.